The van der Waals surface area contributed by atoms with Gasteiger partial charge in [-0.15, -0.1) is 24.5 Å². The predicted molar refractivity (Wildman–Crippen MR) is 247 cm³/mol. The lowest BCUT2D eigenvalue weighted by Crippen LogP contribution is -2.49. The highest BCUT2D eigenvalue weighted by atomic mass is 35.5. The quantitative estimate of drug-likeness (QED) is 0.0900. The summed E-state index contributed by atoms with van der Waals surface area (Å²) in [7, 11) is 5.47. The predicted octanol–water partition coefficient (Wildman–Crippen LogP) is 10.8. The maximum absolute atomic E-state index is 15.3. The average Bonchev–Trinajstić information content (AvgIpc) is 3.96. The Kier molecular flexibility index (Phi) is 10.4. The van der Waals surface area contributed by atoms with E-state index in [-0.39, 0.29) is 24.2 Å². The fourth-order valence-corrected chi connectivity index (χ4v) is 11.9. The van der Waals surface area contributed by atoms with Gasteiger partial charge in [0.1, 0.15) is 23.0 Å². The number of carbonyl (C=O) groups excluding carboxylic acids is 4. The van der Waals surface area contributed by atoms with Gasteiger partial charge in [0.05, 0.1) is 45.1 Å². The Morgan fingerprint density at radius 2 is 1.57 bits per heavy atom. The first-order valence-corrected chi connectivity index (χ1v) is 22.6. The smallest absolute Gasteiger partial charge is 0.508 e. The molecule has 2 aliphatic carbocycles. The first kappa shape index (κ1) is 44.0. The number of nitrogens with zero attached hydrogens (tertiary/aromatic N) is 7. The Bertz CT molecular complexity index is 3130. The average molecular weight is 948 g/mol. The van der Waals surface area contributed by atoms with Gasteiger partial charge in [0.25, 0.3) is 0 Å². The Morgan fingerprint density at radius 3 is 2.24 bits per heavy atom. The molecule has 4 aliphatic rings. The molecule has 13 nitrogen and oxygen atoms in total. The van der Waals surface area contributed by atoms with Gasteiger partial charge in [0.2, 0.25) is 23.6 Å². The molecule has 6 atom stereocenters. The molecule has 1 N–H and O–H groups in total. The SMILES string of the molecule is Cc1c(-c2cc(N3C(=O)C4CC5C(=CCC6C(=O)N(c7ccc(N=Nc8ccc(N(C)C)cc8)cc7)C(=O)C65)C(c5cc(OC(F)(F)F)ccc5O)C4(C)C3=O)n(C)n2)sc2ccc(Cl)cc12. The minimum absolute atomic E-state index is 0.0385. The van der Waals surface area contributed by atoms with Crippen molar-refractivity contribution < 1.29 is 42.2 Å². The van der Waals surface area contributed by atoms with Crippen molar-refractivity contribution in [3.05, 3.63) is 119 Å². The van der Waals surface area contributed by atoms with Crippen molar-refractivity contribution >= 4 is 85.2 Å². The van der Waals surface area contributed by atoms with Crippen LogP contribution in [0.4, 0.5) is 41.7 Å². The van der Waals surface area contributed by atoms with Gasteiger partial charge in [0.15, 0.2) is 0 Å². The van der Waals surface area contributed by atoms with E-state index in [1.165, 1.54) is 16.0 Å². The summed E-state index contributed by atoms with van der Waals surface area (Å²) >= 11 is 7.79. The van der Waals surface area contributed by atoms with Crippen LogP contribution in [0.1, 0.15) is 36.8 Å². The van der Waals surface area contributed by atoms with Crippen LogP contribution in [0.25, 0.3) is 20.7 Å². The van der Waals surface area contributed by atoms with E-state index in [0.717, 1.165) is 54.2 Å². The monoisotopic (exact) mass is 947 g/mol. The number of alkyl halides is 3. The lowest BCUT2D eigenvalue weighted by atomic mass is 9.51. The highest BCUT2D eigenvalue weighted by Gasteiger charge is 2.68. The largest absolute Gasteiger partial charge is 0.573 e. The number of thiophene rings is 1. The summed E-state index contributed by atoms with van der Waals surface area (Å²) in [5.74, 6) is -8.21. The number of rotatable bonds is 8. The van der Waals surface area contributed by atoms with Crippen LogP contribution >= 0.6 is 22.9 Å². The van der Waals surface area contributed by atoms with E-state index in [9.17, 15) is 27.9 Å². The second kappa shape index (κ2) is 15.9. The Labute approximate surface area is 390 Å². The van der Waals surface area contributed by atoms with Crippen LogP contribution in [-0.2, 0) is 26.2 Å². The van der Waals surface area contributed by atoms with Crippen LogP contribution in [-0.4, -0.2) is 59.0 Å². The third-order valence-corrected chi connectivity index (χ3v) is 15.3. The van der Waals surface area contributed by atoms with Crippen LogP contribution in [0, 0.1) is 36.0 Å². The zero-order valence-electron chi connectivity index (χ0n) is 36.6. The van der Waals surface area contributed by atoms with E-state index in [1.807, 2.05) is 62.3 Å². The molecule has 0 bridgehead atoms. The Balaban J connectivity index is 1.02. The van der Waals surface area contributed by atoms with Gasteiger partial charge in [-0.3, -0.25) is 28.8 Å². The number of hydrogen-bond donors (Lipinski definition) is 1. The number of phenols is 1. The number of anilines is 3. The summed E-state index contributed by atoms with van der Waals surface area (Å²) in [6, 6.07) is 24.2. The molecule has 4 heterocycles. The van der Waals surface area contributed by atoms with E-state index in [2.05, 4.69) is 15.0 Å². The van der Waals surface area contributed by atoms with E-state index in [0.29, 0.717) is 33.4 Å². The second-order valence-electron chi connectivity index (χ2n) is 17.8. The molecule has 342 valence electrons. The molecule has 0 radical (unpaired) electrons. The van der Waals surface area contributed by atoms with Gasteiger partial charge in [-0.2, -0.15) is 15.3 Å². The van der Waals surface area contributed by atoms with Crippen LogP contribution in [0.5, 0.6) is 11.5 Å². The molecule has 1 saturated carbocycles. The van der Waals surface area contributed by atoms with Crippen LogP contribution in [0.15, 0.2) is 113 Å². The Morgan fingerprint density at radius 1 is 0.881 bits per heavy atom. The molecule has 6 unspecified atom stereocenters. The molecule has 2 saturated heterocycles. The number of benzene rings is 4. The number of imide groups is 2. The zero-order chi connectivity index (χ0) is 47.4. The van der Waals surface area contributed by atoms with Crippen molar-refractivity contribution in [1.82, 2.24) is 9.78 Å². The van der Waals surface area contributed by atoms with E-state index in [1.54, 1.807) is 56.4 Å². The zero-order valence-corrected chi connectivity index (χ0v) is 38.2. The van der Waals surface area contributed by atoms with Crippen LogP contribution in [0.3, 0.4) is 0 Å². The number of fused-ring (bicyclic) bond motifs is 5. The molecule has 0 spiro atoms. The van der Waals surface area contributed by atoms with Crippen molar-refractivity contribution in [2.75, 3.05) is 28.8 Å². The summed E-state index contributed by atoms with van der Waals surface area (Å²) in [4.78, 5) is 64.3. The lowest BCUT2D eigenvalue weighted by Gasteiger charge is -2.49. The molecule has 18 heteroatoms. The number of carbonyl (C=O) groups is 4. The van der Waals surface area contributed by atoms with Gasteiger partial charge in [-0.25, -0.2) is 4.90 Å². The highest BCUT2D eigenvalue weighted by Crippen LogP contribution is 2.65. The van der Waals surface area contributed by atoms with Gasteiger partial charge in [-0.1, -0.05) is 23.3 Å². The number of hydrogen-bond acceptors (Lipinski definition) is 11. The van der Waals surface area contributed by atoms with Crippen molar-refractivity contribution in [1.29, 1.82) is 0 Å². The minimum Gasteiger partial charge on any atom is -0.508 e. The summed E-state index contributed by atoms with van der Waals surface area (Å²) in [6.07, 6.45) is -3.32. The first-order valence-electron chi connectivity index (χ1n) is 21.4. The summed E-state index contributed by atoms with van der Waals surface area (Å²) in [5, 5.41) is 26.4. The van der Waals surface area contributed by atoms with Crippen molar-refractivity contribution in [2.24, 2.45) is 46.4 Å². The number of azo groups is 1. The summed E-state index contributed by atoms with van der Waals surface area (Å²) < 4.78 is 47.7. The maximum Gasteiger partial charge on any atom is 0.573 e. The lowest BCUT2D eigenvalue weighted by molar-refractivity contribution is -0.274. The molecule has 2 aliphatic heterocycles. The normalized spacial score (nSPS) is 23.8. The highest BCUT2D eigenvalue weighted by molar-refractivity contribution is 7.22. The molecular formula is C49H41ClF3N7O6S. The fraction of sp³-hybridized carbons (Fsp3) is 0.286. The molecular weight excluding hydrogens is 907 g/mol. The third kappa shape index (κ3) is 7.17. The number of aromatic nitrogens is 2. The standard InChI is InChI=1S/C49H41ClF3N7O6S/c1-24-33-20-25(50)6-19-39(33)67-43(24)37-23-40(58(5)56-37)60-45(63)36-22-34-31(42(48(36,2)47(60)65)35-21-30(15-18-38(35)61)66-49(51,52)53)16-17-32-41(34)46(64)59(44(32)62)29-13-9-27(10-14-29)55-54-26-7-11-28(12-8-26)57(3)4/h6-16,18-21,23,32,34,36,41-42,61H,17,22H2,1-5H3. The van der Waals surface area contributed by atoms with Gasteiger partial charge in [0, 0.05) is 54.1 Å². The van der Waals surface area contributed by atoms with Gasteiger partial charge >= 0.3 is 6.36 Å². The third-order valence-electron chi connectivity index (χ3n) is 13.8. The number of amides is 4. The molecule has 6 aromatic rings. The van der Waals surface area contributed by atoms with E-state index >= 15 is 9.59 Å². The molecule has 4 amide bonds. The number of phenolic OH excluding ortho intramolecular Hbond substituents is 1. The molecule has 4 aromatic carbocycles. The molecule has 3 fully saturated rings. The van der Waals surface area contributed by atoms with Crippen molar-refractivity contribution in [2.45, 2.75) is 39.0 Å². The van der Waals surface area contributed by atoms with E-state index in [4.69, 9.17) is 16.7 Å². The van der Waals surface area contributed by atoms with Crippen LogP contribution in [0.2, 0.25) is 5.02 Å². The van der Waals surface area contributed by atoms with Crippen molar-refractivity contribution in [3.63, 3.8) is 0 Å². The number of aryl methyl sites for hydroxylation is 2. The molecule has 10 rings (SSSR count). The van der Waals surface area contributed by atoms with Crippen molar-refractivity contribution in [3.8, 4) is 22.1 Å². The topological polar surface area (TPSA) is 150 Å². The number of aromatic hydroxyl groups is 1. The fourth-order valence-electron chi connectivity index (χ4n) is 10.6. The van der Waals surface area contributed by atoms with Gasteiger partial charge in [-0.05, 0) is 128 Å². The number of halogens is 4. The Hall–Kier alpha value is -6.85. The number of ether oxygens (including phenoxy) is 1. The first-order chi connectivity index (χ1) is 31.8. The molecule has 67 heavy (non-hydrogen) atoms. The summed E-state index contributed by atoms with van der Waals surface area (Å²) in [6.45, 7) is 3.51. The second-order valence-corrected chi connectivity index (χ2v) is 19.3. The number of allylic oxidation sites excluding steroid dienone is 2. The summed E-state index contributed by atoms with van der Waals surface area (Å²) in [5.41, 5.74) is 2.49. The minimum atomic E-state index is -5.08. The van der Waals surface area contributed by atoms with Crippen LogP contribution < -0.4 is 19.4 Å². The maximum atomic E-state index is 15.3. The van der Waals surface area contributed by atoms with E-state index < -0.39 is 76.5 Å². The van der Waals surface area contributed by atoms with Gasteiger partial charge < -0.3 is 14.7 Å². The molecule has 2 aromatic heterocycles.